The molecule has 92 valence electrons. The number of carboxylic acids is 2. The van der Waals surface area contributed by atoms with Crippen molar-refractivity contribution in [3.05, 3.63) is 11.6 Å². The summed E-state index contributed by atoms with van der Waals surface area (Å²) in [5.41, 5.74) is 0.335. The maximum Gasteiger partial charge on any atom is 0.331 e. The van der Waals surface area contributed by atoms with Crippen LogP contribution in [0.2, 0.25) is 0 Å². The van der Waals surface area contributed by atoms with Gasteiger partial charge < -0.3 is 10.2 Å². The third kappa shape index (κ3) is 5.53. The smallest absolute Gasteiger partial charge is 0.331 e. The van der Waals surface area contributed by atoms with Crippen molar-refractivity contribution >= 4 is 11.9 Å². The number of carbonyl (C=O) groups is 2. The minimum Gasteiger partial charge on any atom is -0.481 e. The van der Waals surface area contributed by atoms with Crippen molar-refractivity contribution in [2.75, 3.05) is 0 Å². The Hall–Kier alpha value is -1.32. The molecule has 0 aliphatic heterocycles. The van der Waals surface area contributed by atoms with Gasteiger partial charge in [-0.2, -0.15) is 0 Å². The number of aliphatic carboxylic acids is 2. The van der Waals surface area contributed by atoms with Crippen LogP contribution in [0.5, 0.6) is 0 Å². The molecule has 16 heavy (non-hydrogen) atoms. The fourth-order valence-electron chi connectivity index (χ4n) is 1.45. The largest absolute Gasteiger partial charge is 0.481 e. The molecule has 1 atom stereocenters. The molecule has 0 rings (SSSR count). The number of unbranched alkanes of at least 4 members (excludes halogenated alkanes) is 1. The van der Waals surface area contributed by atoms with Gasteiger partial charge in [-0.05, 0) is 25.7 Å². The highest BCUT2D eigenvalue weighted by Gasteiger charge is 2.17. The average molecular weight is 228 g/mol. The van der Waals surface area contributed by atoms with E-state index >= 15 is 0 Å². The second-order valence-electron chi connectivity index (χ2n) is 3.81. The van der Waals surface area contributed by atoms with Crippen LogP contribution in [0.1, 0.15) is 46.0 Å². The molecule has 4 nitrogen and oxygen atoms in total. The van der Waals surface area contributed by atoms with E-state index < -0.39 is 17.9 Å². The lowest BCUT2D eigenvalue weighted by atomic mass is 9.97. The summed E-state index contributed by atoms with van der Waals surface area (Å²) in [6.07, 6.45) is 4.58. The minimum absolute atomic E-state index is 0.333. The second-order valence-corrected chi connectivity index (χ2v) is 3.81. The predicted octanol–water partition coefficient (Wildman–Crippen LogP) is 2.69. The van der Waals surface area contributed by atoms with E-state index in [9.17, 15) is 9.59 Å². The number of hydrogen-bond acceptors (Lipinski definition) is 2. The molecule has 2 N–H and O–H groups in total. The summed E-state index contributed by atoms with van der Waals surface area (Å²) >= 11 is 0. The highest BCUT2D eigenvalue weighted by Crippen LogP contribution is 2.16. The first kappa shape index (κ1) is 14.7. The molecule has 1 unspecified atom stereocenters. The summed E-state index contributed by atoms with van der Waals surface area (Å²) < 4.78 is 0. The molecule has 0 fully saturated rings. The molecule has 0 saturated heterocycles. The minimum atomic E-state index is -0.936. The Labute approximate surface area is 96.0 Å². The Bertz CT molecular complexity index is 268. The Morgan fingerprint density at radius 1 is 1.25 bits per heavy atom. The van der Waals surface area contributed by atoms with Crippen LogP contribution in [0, 0.1) is 5.92 Å². The van der Waals surface area contributed by atoms with Crippen LogP contribution < -0.4 is 0 Å². The SMILES string of the molecule is CCCC=C(CCC(CC)C(=O)O)C(=O)O. The summed E-state index contributed by atoms with van der Waals surface area (Å²) in [6, 6.07) is 0. The van der Waals surface area contributed by atoms with Gasteiger partial charge in [-0.1, -0.05) is 26.3 Å². The third-order valence-electron chi connectivity index (χ3n) is 2.56. The van der Waals surface area contributed by atoms with E-state index in [1.807, 2.05) is 6.92 Å². The fraction of sp³-hybridized carbons (Fsp3) is 0.667. The van der Waals surface area contributed by atoms with E-state index in [1.54, 1.807) is 13.0 Å². The zero-order valence-electron chi connectivity index (χ0n) is 9.90. The van der Waals surface area contributed by atoms with Gasteiger partial charge in [0, 0.05) is 5.57 Å². The summed E-state index contributed by atoms with van der Waals surface area (Å²) in [5, 5.41) is 17.7. The van der Waals surface area contributed by atoms with Gasteiger partial charge in [0.15, 0.2) is 0 Å². The summed E-state index contributed by atoms with van der Waals surface area (Å²) in [5.74, 6) is -2.22. The Morgan fingerprint density at radius 2 is 1.88 bits per heavy atom. The first-order valence-electron chi connectivity index (χ1n) is 5.68. The van der Waals surface area contributed by atoms with Gasteiger partial charge in [-0.25, -0.2) is 4.79 Å². The van der Waals surface area contributed by atoms with Crippen molar-refractivity contribution < 1.29 is 19.8 Å². The maximum absolute atomic E-state index is 10.9. The normalized spacial score (nSPS) is 13.5. The number of allylic oxidation sites excluding steroid dienone is 1. The predicted molar refractivity (Wildman–Crippen MR) is 61.3 cm³/mol. The van der Waals surface area contributed by atoms with Crippen molar-refractivity contribution in [3.8, 4) is 0 Å². The van der Waals surface area contributed by atoms with Gasteiger partial charge in [0.1, 0.15) is 0 Å². The molecule has 0 aromatic heterocycles. The van der Waals surface area contributed by atoms with E-state index in [2.05, 4.69) is 0 Å². The molecule has 0 heterocycles. The lowest BCUT2D eigenvalue weighted by Gasteiger charge is -2.09. The topological polar surface area (TPSA) is 74.6 Å². The Morgan fingerprint density at radius 3 is 2.25 bits per heavy atom. The molecule has 0 bridgehead atoms. The fourth-order valence-corrected chi connectivity index (χ4v) is 1.45. The zero-order valence-corrected chi connectivity index (χ0v) is 9.90. The van der Waals surface area contributed by atoms with E-state index in [0.29, 0.717) is 24.8 Å². The van der Waals surface area contributed by atoms with Crippen LogP contribution in [-0.4, -0.2) is 22.2 Å². The molecule has 0 amide bonds. The third-order valence-corrected chi connectivity index (χ3v) is 2.56. The van der Waals surface area contributed by atoms with Gasteiger partial charge in [0.2, 0.25) is 0 Å². The molecular weight excluding hydrogens is 208 g/mol. The standard InChI is InChI=1S/C12H20O4/c1-3-5-6-10(12(15)16)8-7-9(4-2)11(13)14/h6,9H,3-5,7-8H2,1-2H3,(H,13,14)(H,15,16). The second kappa shape index (κ2) is 7.91. The molecule has 0 aromatic rings. The van der Waals surface area contributed by atoms with E-state index in [-0.39, 0.29) is 0 Å². The monoisotopic (exact) mass is 228 g/mol. The number of rotatable bonds is 8. The van der Waals surface area contributed by atoms with Crippen LogP contribution in [0.4, 0.5) is 0 Å². The first-order valence-corrected chi connectivity index (χ1v) is 5.68. The Kier molecular flexibility index (Phi) is 7.25. The number of hydrogen-bond donors (Lipinski definition) is 2. The molecule has 4 heteroatoms. The van der Waals surface area contributed by atoms with Crippen molar-refractivity contribution in [3.63, 3.8) is 0 Å². The van der Waals surface area contributed by atoms with Crippen LogP contribution in [0.25, 0.3) is 0 Å². The molecule has 0 radical (unpaired) electrons. The van der Waals surface area contributed by atoms with Gasteiger partial charge in [-0.3, -0.25) is 4.79 Å². The van der Waals surface area contributed by atoms with E-state index in [1.165, 1.54) is 0 Å². The van der Waals surface area contributed by atoms with Crippen molar-refractivity contribution in [1.29, 1.82) is 0 Å². The van der Waals surface area contributed by atoms with Gasteiger partial charge in [-0.15, -0.1) is 0 Å². The van der Waals surface area contributed by atoms with Crippen LogP contribution in [0.15, 0.2) is 11.6 Å². The van der Waals surface area contributed by atoms with Gasteiger partial charge in [0.25, 0.3) is 0 Å². The zero-order chi connectivity index (χ0) is 12.6. The highest BCUT2D eigenvalue weighted by atomic mass is 16.4. The van der Waals surface area contributed by atoms with Gasteiger partial charge in [0.05, 0.1) is 5.92 Å². The van der Waals surface area contributed by atoms with Crippen LogP contribution in [-0.2, 0) is 9.59 Å². The maximum atomic E-state index is 10.9. The lowest BCUT2D eigenvalue weighted by molar-refractivity contribution is -0.142. The number of carboxylic acid groups (broad SMARTS) is 2. The molecule has 0 saturated carbocycles. The van der Waals surface area contributed by atoms with Crippen molar-refractivity contribution in [1.82, 2.24) is 0 Å². The molecule has 0 spiro atoms. The Balaban J connectivity index is 4.31. The average Bonchev–Trinajstić information content (AvgIpc) is 2.22. The van der Waals surface area contributed by atoms with Gasteiger partial charge >= 0.3 is 11.9 Å². The summed E-state index contributed by atoms with van der Waals surface area (Å²) in [4.78, 5) is 21.6. The quantitative estimate of drug-likeness (QED) is 0.626. The molecule has 0 aliphatic carbocycles. The molecule has 0 aromatic carbocycles. The van der Waals surface area contributed by atoms with Crippen LogP contribution in [0.3, 0.4) is 0 Å². The first-order chi connectivity index (χ1) is 7.52. The molecule has 0 aliphatic rings. The summed E-state index contributed by atoms with van der Waals surface area (Å²) in [7, 11) is 0. The lowest BCUT2D eigenvalue weighted by Crippen LogP contribution is -2.13. The van der Waals surface area contributed by atoms with Crippen molar-refractivity contribution in [2.45, 2.75) is 46.0 Å². The summed E-state index contributed by atoms with van der Waals surface area (Å²) in [6.45, 7) is 3.77. The highest BCUT2D eigenvalue weighted by molar-refractivity contribution is 5.86. The van der Waals surface area contributed by atoms with E-state index in [0.717, 1.165) is 12.8 Å². The molecular formula is C12H20O4. The van der Waals surface area contributed by atoms with Crippen LogP contribution >= 0.6 is 0 Å². The van der Waals surface area contributed by atoms with Crippen molar-refractivity contribution in [2.24, 2.45) is 5.92 Å². The van der Waals surface area contributed by atoms with E-state index in [4.69, 9.17) is 10.2 Å².